The van der Waals surface area contributed by atoms with Crippen LogP contribution in [0.5, 0.6) is 0 Å². The van der Waals surface area contributed by atoms with Crippen molar-refractivity contribution < 1.29 is 4.79 Å². The molecule has 0 spiro atoms. The normalized spacial score (nSPS) is 14.1. The Labute approximate surface area is 164 Å². The largest absolute Gasteiger partial charge is 0.340 e. The van der Waals surface area contributed by atoms with Crippen LogP contribution in [0.15, 0.2) is 48.5 Å². The fraction of sp³-hybridized carbons (Fsp3) is 0.273. The van der Waals surface area contributed by atoms with Crippen LogP contribution in [0.3, 0.4) is 0 Å². The first-order valence-electron chi connectivity index (χ1n) is 9.32. The fourth-order valence-electron chi connectivity index (χ4n) is 3.65. The highest BCUT2D eigenvalue weighted by atomic mass is 35.5. The van der Waals surface area contributed by atoms with Crippen molar-refractivity contribution in [1.82, 2.24) is 14.9 Å². The van der Waals surface area contributed by atoms with Gasteiger partial charge in [-0.15, -0.1) is 0 Å². The number of benzene rings is 2. The zero-order chi connectivity index (χ0) is 18.8. The van der Waals surface area contributed by atoms with Crippen molar-refractivity contribution in [3.8, 4) is 11.4 Å². The van der Waals surface area contributed by atoms with E-state index in [0.29, 0.717) is 18.1 Å². The monoisotopic (exact) mass is 379 g/mol. The van der Waals surface area contributed by atoms with Gasteiger partial charge in [-0.1, -0.05) is 54.9 Å². The maximum Gasteiger partial charge on any atom is 0.177 e. The van der Waals surface area contributed by atoms with E-state index in [1.54, 1.807) is 0 Å². The first-order valence-corrected chi connectivity index (χ1v) is 9.69. The smallest absolute Gasteiger partial charge is 0.177 e. The number of Topliss-reactive ketones (excluding diaryl/α,β-unsaturated/α-hetero) is 1. The number of aromatic nitrogens is 2. The van der Waals surface area contributed by atoms with Crippen molar-refractivity contribution in [2.45, 2.75) is 26.3 Å². The van der Waals surface area contributed by atoms with Gasteiger partial charge in [-0.2, -0.15) is 0 Å². The number of ketones is 1. The Kier molecular flexibility index (Phi) is 5.10. The van der Waals surface area contributed by atoms with Crippen molar-refractivity contribution in [2.24, 2.45) is 0 Å². The Morgan fingerprint density at radius 2 is 1.96 bits per heavy atom. The van der Waals surface area contributed by atoms with Crippen LogP contribution in [0.2, 0.25) is 5.02 Å². The molecule has 4 rings (SSSR count). The maximum absolute atomic E-state index is 12.8. The average molecular weight is 380 g/mol. The number of hydrogen-bond donors (Lipinski definition) is 1. The van der Waals surface area contributed by atoms with Crippen LogP contribution in [-0.2, 0) is 19.4 Å². The van der Waals surface area contributed by atoms with Crippen LogP contribution in [-0.4, -0.2) is 33.7 Å². The van der Waals surface area contributed by atoms with Gasteiger partial charge in [0.2, 0.25) is 0 Å². The Morgan fingerprint density at radius 1 is 1.19 bits per heavy atom. The van der Waals surface area contributed by atoms with Crippen molar-refractivity contribution in [2.75, 3.05) is 13.1 Å². The molecule has 27 heavy (non-hydrogen) atoms. The molecule has 3 aromatic rings. The Hall–Kier alpha value is -2.43. The second kappa shape index (κ2) is 7.67. The van der Waals surface area contributed by atoms with E-state index in [1.807, 2.05) is 48.5 Å². The van der Waals surface area contributed by atoms with Crippen LogP contribution < -0.4 is 0 Å². The molecule has 0 amide bonds. The molecule has 0 saturated carbocycles. The molecule has 0 fully saturated rings. The summed E-state index contributed by atoms with van der Waals surface area (Å²) in [5.74, 6) is 0.983. The third-order valence-electron chi connectivity index (χ3n) is 5.11. The Bertz CT molecular complexity index is 979. The summed E-state index contributed by atoms with van der Waals surface area (Å²) in [6.07, 6.45) is 1.70. The Balaban J connectivity index is 1.50. The predicted molar refractivity (Wildman–Crippen MR) is 108 cm³/mol. The summed E-state index contributed by atoms with van der Waals surface area (Å²) in [6.45, 7) is 4.05. The molecular formula is C22H22ClN3O. The highest BCUT2D eigenvalue weighted by Gasteiger charge is 2.23. The summed E-state index contributed by atoms with van der Waals surface area (Å²) >= 11 is 6.30. The quantitative estimate of drug-likeness (QED) is 0.662. The zero-order valence-corrected chi connectivity index (χ0v) is 16.1. The van der Waals surface area contributed by atoms with Crippen LogP contribution in [0.4, 0.5) is 0 Å². The second-order valence-electron chi connectivity index (χ2n) is 6.89. The fourth-order valence-corrected chi connectivity index (χ4v) is 3.88. The zero-order valence-electron chi connectivity index (χ0n) is 15.3. The molecule has 1 aliphatic rings. The van der Waals surface area contributed by atoms with E-state index in [9.17, 15) is 4.79 Å². The number of carbonyl (C=O) groups excluding carboxylic acids is 1. The van der Waals surface area contributed by atoms with Gasteiger partial charge in [0.15, 0.2) is 5.78 Å². The number of rotatable bonds is 5. The molecule has 0 atom stereocenters. The summed E-state index contributed by atoms with van der Waals surface area (Å²) in [4.78, 5) is 23.1. The van der Waals surface area contributed by atoms with E-state index in [4.69, 9.17) is 16.6 Å². The lowest BCUT2D eigenvalue weighted by atomic mass is 10.0. The second-order valence-corrected chi connectivity index (χ2v) is 7.29. The van der Waals surface area contributed by atoms with Crippen LogP contribution in [0, 0.1) is 0 Å². The summed E-state index contributed by atoms with van der Waals surface area (Å²) in [7, 11) is 0. The van der Waals surface area contributed by atoms with Crippen molar-refractivity contribution in [1.29, 1.82) is 0 Å². The third kappa shape index (κ3) is 3.68. The minimum absolute atomic E-state index is 0.182. The topological polar surface area (TPSA) is 49.0 Å². The molecule has 1 aliphatic heterocycles. The van der Waals surface area contributed by atoms with Crippen LogP contribution in [0.25, 0.3) is 11.4 Å². The average Bonchev–Trinajstić information content (AvgIpc) is 3.11. The van der Waals surface area contributed by atoms with Gasteiger partial charge >= 0.3 is 0 Å². The molecule has 138 valence electrons. The van der Waals surface area contributed by atoms with E-state index in [1.165, 1.54) is 0 Å². The minimum atomic E-state index is 0.182. The van der Waals surface area contributed by atoms with Gasteiger partial charge in [-0.3, -0.25) is 9.69 Å². The molecule has 0 radical (unpaired) electrons. The number of nitrogens with zero attached hydrogens (tertiary/aromatic N) is 2. The maximum atomic E-state index is 12.8. The van der Waals surface area contributed by atoms with E-state index in [-0.39, 0.29) is 5.78 Å². The number of imidazole rings is 1. The first-order chi connectivity index (χ1) is 13.2. The molecule has 0 saturated heterocycles. The molecule has 0 unspecified atom stereocenters. The lowest BCUT2D eigenvalue weighted by Gasteiger charge is -2.25. The van der Waals surface area contributed by atoms with Gasteiger partial charge in [-0.25, -0.2) is 4.98 Å². The van der Waals surface area contributed by atoms with E-state index in [0.717, 1.165) is 53.3 Å². The van der Waals surface area contributed by atoms with Crippen molar-refractivity contribution in [3.05, 3.63) is 76.1 Å². The highest BCUT2D eigenvalue weighted by Crippen LogP contribution is 2.28. The lowest BCUT2D eigenvalue weighted by molar-refractivity contribution is 0.0919. The first kappa shape index (κ1) is 18.0. The summed E-state index contributed by atoms with van der Waals surface area (Å²) in [5.41, 5.74) is 5.01. The molecule has 0 aliphatic carbocycles. The van der Waals surface area contributed by atoms with Gasteiger partial charge in [0.1, 0.15) is 5.82 Å². The number of aryl methyl sites for hydroxylation is 1. The predicted octanol–water partition coefficient (Wildman–Crippen LogP) is 4.53. The standard InChI is InChI=1S/C22H22ClN3O/c1-2-15-7-3-4-8-16(15)21(27)14-26-12-11-19-20(13-26)25-22(24-19)17-9-5-6-10-18(17)23/h3-10H,2,11-14H2,1H3,(H,24,25). The van der Waals surface area contributed by atoms with Gasteiger partial charge in [0, 0.05) is 30.6 Å². The summed E-state index contributed by atoms with van der Waals surface area (Å²) < 4.78 is 0. The minimum Gasteiger partial charge on any atom is -0.340 e. The van der Waals surface area contributed by atoms with Gasteiger partial charge in [0.25, 0.3) is 0 Å². The molecular weight excluding hydrogens is 358 g/mol. The lowest BCUT2D eigenvalue weighted by Crippen LogP contribution is -2.35. The summed E-state index contributed by atoms with van der Waals surface area (Å²) in [6, 6.07) is 15.6. The SMILES string of the molecule is CCc1ccccc1C(=O)CN1CCc2nc(-c3ccccc3Cl)[nH]c2C1. The molecule has 2 aromatic carbocycles. The summed E-state index contributed by atoms with van der Waals surface area (Å²) in [5, 5.41) is 0.687. The van der Waals surface area contributed by atoms with Gasteiger partial charge in [0.05, 0.1) is 23.0 Å². The number of fused-ring (bicyclic) bond motifs is 1. The molecule has 0 bridgehead atoms. The molecule has 5 heteroatoms. The molecule has 1 N–H and O–H groups in total. The number of halogens is 1. The molecule has 4 nitrogen and oxygen atoms in total. The Morgan fingerprint density at radius 3 is 2.78 bits per heavy atom. The van der Waals surface area contributed by atoms with Crippen molar-refractivity contribution >= 4 is 17.4 Å². The number of aromatic amines is 1. The number of H-pyrrole nitrogens is 1. The molecule has 2 heterocycles. The highest BCUT2D eigenvalue weighted by molar-refractivity contribution is 6.33. The number of hydrogen-bond acceptors (Lipinski definition) is 3. The number of nitrogens with one attached hydrogen (secondary N) is 1. The van der Waals surface area contributed by atoms with Gasteiger partial charge < -0.3 is 4.98 Å². The van der Waals surface area contributed by atoms with E-state index >= 15 is 0 Å². The number of carbonyl (C=O) groups is 1. The van der Waals surface area contributed by atoms with Gasteiger partial charge in [-0.05, 0) is 24.1 Å². The van der Waals surface area contributed by atoms with E-state index in [2.05, 4.69) is 16.8 Å². The van der Waals surface area contributed by atoms with Crippen LogP contribution in [0.1, 0.15) is 34.2 Å². The van der Waals surface area contributed by atoms with E-state index < -0.39 is 0 Å². The van der Waals surface area contributed by atoms with Crippen molar-refractivity contribution in [3.63, 3.8) is 0 Å². The van der Waals surface area contributed by atoms with Crippen LogP contribution >= 0.6 is 11.6 Å². The third-order valence-corrected chi connectivity index (χ3v) is 5.44. The molecule has 1 aromatic heterocycles.